The molecule has 0 spiro atoms. The van der Waals surface area contributed by atoms with E-state index >= 15 is 0 Å². The van der Waals surface area contributed by atoms with E-state index in [-0.39, 0.29) is 6.61 Å². The number of rotatable bonds is 3. The zero-order valence-corrected chi connectivity index (χ0v) is 11.9. The van der Waals surface area contributed by atoms with Gasteiger partial charge in [0, 0.05) is 23.8 Å². The molecule has 0 fully saturated rings. The predicted octanol–water partition coefficient (Wildman–Crippen LogP) is 3.45. The molecule has 2 N–H and O–H groups in total. The lowest BCUT2D eigenvalue weighted by Crippen LogP contribution is -2.00. The van der Waals surface area contributed by atoms with Crippen LogP contribution in [0.1, 0.15) is 12.5 Å². The Labute approximate surface area is 116 Å². The molecule has 0 aliphatic carbocycles. The standard InChI is InChI=1S/C12H11BrN2.C2H6O/c13-11-6-4-10(5-7-11)9-15-12-3-1-2-8-14-12;1-2-3/h1-8H,9H2,(H,14,15);3H,2H2,1H3. The molecule has 1 aromatic heterocycles. The summed E-state index contributed by atoms with van der Waals surface area (Å²) >= 11 is 3.41. The molecule has 0 atom stereocenters. The summed E-state index contributed by atoms with van der Waals surface area (Å²) in [4.78, 5) is 4.19. The van der Waals surface area contributed by atoms with Crippen LogP contribution >= 0.6 is 15.9 Å². The van der Waals surface area contributed by atoms with Crippen molar-refractivity contribution in [2.24, 2.45) is 0 Å². The van der Waals surface area contributed by atoms with Crippen LogP contribution in [0.3, 0.4) is 0 Å². The van der Waals surface area contributed by atoms with Crippen molar-refractivity contribution in [2.75, 3.05) is 11.9 Å². The first-order chi connectivity index (χ1) is 8.76. The van der Waals surface area contributed by atoms with Crippen LogP contribution in [0.2, 0.25) is 0 Å². The van der Waals surface area contributed by atoms with Crippen LogP contribution in [0.5, 0.6) is 0 Å². The lowest BCUT2D eigenvalue weighted by molar-refractivity contribution is 0.318. The molecule has 96 valence electrons. The number of pyridine rings is 1. The number of nitrogens with one attached hydrogen (secondary N) is 1. The van der Waals surface area contributed by atoms with E-state index in [1.54, 1.807) is 13.1 Å². The first-order valence-electron chi connectivity index (χ1n) is 5.76. The van der Waals surface area contributed by atoms with Crippen molar-refractivity contribution in [2.45, 2.75) is 13.5 Å². The van der Waals surface area contributed by atoms with Gasteiger partial charge in [-0.1, -0.05) is 34.1 Å². The van der Waals surface area contributed by atoms with Gasteiger partial charge in [-0.2, -0.15) is 0 Å². The highest BCUT2D eigenvalue weighted by molar-refractivity contribution is 9.10. The molecule has 0 bridgehead atoms. The summed E-state index contributed by atoms with van der Waals surface area (Å²) in [5.74, 6) is 0.903. The topological polar surface area (TPSA) is 45.2 Å². The molecule has 1 heterocycles. The summed E-state index contributed by atoms with van der Waals surface area (Å²) in [6, 6.07) is 14.1. The first-order valence-corrected chi connectivity index (χ1v) is 6.55. The highest BCUT2D eigenvalue weighted by Crippen LogP contribution is 2.11. The van der Waals surface area contributed by atoms with Crippen molar-refractivity contribution in [3.8, 4) is 0 Å². The van der Waals surface area contributed by atoms with Gasteiger partial charge < -0.3 is 10.4 Å². The normalized spacial score (nSPS) is 9.28. The number of halogens is 1. The van der Waals surface area contributed by atoms with Crippen LogP contribution in [0.4, 0.5) is 5.82 Å². The van der Waals surface area contributed by atoms with Gasteiger partial charge >= 0.3 is 0 Å². The maximum Gasteiger partial charge on any atom is 0.126 e. The Balaban J connectivity index is 0.000000492. The predicted molar refractivity (Wildman–Crippen MR) is 78.5 cm³/mol. The van der Waals surface area contributed by atoms with Crippen LogP contribution in [-0.2, 0) is 6.54 Å². The highest BCUT2D eigenvalue weighted by Gasteiger charge is 1.93. The molecular formula is C14H17BrN2O. The van der Waals surface area contributed by atoms with Gasteiger partial charge in [0.25, 0.3) is 0 Å². The van der Waals surface area contributed by atoms with Crippen LogP contribution < -0.4 is 5.32 Å². The monoisotopic (exact) mass is 308 g/mol. The molecule has 1 aromatic carbocycles. The number of anilines is 1. The molecule has 0 radical (unpaired) electrons. The molecule has 18 heavy (non-hydrogen) atoms. The Hall–Kier alpha value is -1.39. The number of benzene rings is 1. The molecular weight excluding hydrogens is 292 g/mol. The number of aromatic nitrogens is 1. The van der Waals surface area contributed by atoms with E-state index in [0.29, 0.717) is 0 Å². The summed E-state index contributed by atoms with van der Waals surface area (Å²) in [6.07, 6.45) is 1.78. The first kappa shape index (κ1) is 14.7. The van der Waals surface area contributed by atoms with Gasteiger partial charge in [0.15, 0.2) is 0 Å². The Morgan fingerprint density at radius 1 is 1.17 bits per heavy atom. The summed E-state index contributed by atoms with van der Waals surface area (Å²) in [6.45, 7) is 2.73. The molecule has 4 heteroatoms. The van der Waals surface area contributed by atoms with E-state index in [1.165, 1.54) is 5.56 Å². The number of aliphatic hydroxyl groups is 1. The molecule has 0 saturated carbocycles. The third-order valence-electron chi connectivity index (χ3n) is 2.05. The summed E-state index contributed by atoms with van der Waals surface area (Å²) < 4.78 is 1.10. The Morgan fingerprint density at radius 3 is 2.39 bits per heavy atom. The van der Waals surface area contributed by atoms with Gasteiger partial charge in [-0.15, -0.1) is 0 Å². The van der Waals surface area contributed by atoms with Gasteiger partial charge in [0.05, 0.1) is 0 Å². The van der Waals surface area contributed by atoms with Crippen molar-refractivity contribution in [3.63, 3.8) is 0 Å². The molecule has 0 saturated heterocycles. The second-order valence-electron chi connectivity index (χ2n) is 3.51. The van der Waals surface area contributed by atoms with E-state index in [0.717, 1.165) is 16.8 Å². The maximum absolute atomic E-state index is 7.57. The fraction of sp³-hybridized carbons (Fsp3) is 0.214. The van der Waals surface area contributed by atoms with E-state index in [1.807, 2.05) is 30.3 Å². The van der Waals surface area contributed by atoms with Crippen LogP contribution in [-0.4, -0.2) is 16.7 Å². The third kappa shape index (κ3) is 5.80. The average Bonchev–Trinajstić information content (AvgIpc) is 2.40. The largest absolute Gasteiger partial charge is 0.397 e. The average molecular weight is 309 g/mol. The number of aliphatic hydroxyl groups excluding tert-OH is 1. The zero-order valence-electron chi connectivity index (χ0n) is 10.3. The summed E-state index contributed by atoms with van der Waals surface area (Å²) in [7, 11) is 0. The van der Waals surface area contributed by atoms with Crippen molar-refractivity contribution in [1.82, 2.24) is 4.98 Å². The molecule has 2 aromatic rings. The van der Waals surface area contributed by atoms with E-state index in [2.05, 4.69) is 38.4 Å². The lowest BCUT2D eigenvalue weighted by atomic mass is 10.2. The second kappa shape index (κ2) is 8.66. The SMILES string of the molecule is Brc1ccc(CNc2ccccn2)cc1.CCO. The Morgan fingerprint density at radius 2 is 1.83 bits per heavy atom. The Bertz CT molecular complexity index is 431. The minimum Gasteiger partial charge on any atom is -0.397 e. The number of hydrogen-bond acceptors (Lipinski definition) is 3. The summed E-state index contributed by atoms with van der Waals surface area (Å²) in [5, 5.41) is 10.8. The van der Waals surface area contributed by atoms with Crippen molar-refractivity contribution >= 4 is 21.7 Å². The highest BCUT2D eigenvalue weighted by atomic mass is 79.9. The number of hydrogen-bond donors (Lipinski definition) is 2. The van der Waals surface area contributed by atoms with Gasteiger partial charge in [0.1, 0.15) is 5.82 Å². The lowest BCUT2D eigenvalue weighted by Gasteiger charge is -2.04. The zero-order chi connectivity index (χ0) is 13.2. The second-order valence-corrected chi connectivity index (χ2v) is 4.43. The summed E-state index contributed by atoms with van der Waals surface area (Å²) in [5.41, 5.74) is 1.24. The quantitative estimate of drug-likeness (QED) is 0.913. The number of nitrogens with zero attached hydrogens (tertiary/aromatic N) is 1. The third-order valence-corrected chi connectivity index (χ3v) is 2.58. The Kier molecular flexibility index (Phi) is 7.06. The van der Waals surface area contributed by atoms with Crippen molar-refractivity contribution in [3.05, 3.63) is 58.7 Å². The van der Waals surface area contributed by atoms with E-state index in [4.69, 9.17) is 5.11 Å². The molecule has 0 amide bonds. The smallest absolute Gasteiger partial charge is 0.126 e. The fourth-order valence-corrected chi connectivity index (χ4v) is 1.53. The van der Waals surface area contributed by atoms with E-state index < -0.39 is 0 Å². The molecule has 2 rings (SSSR count). The molecule has 0 aliphatic rings. The van der Waals surface area contributed by atoms with Gasteiger partial charge in [0.2, 0.25) is 0 Å². The molecule has 3 nitrogen and oxygen atoms in total. The van der Waals surface area contributed by atoms with Gasteiger partial charge in [-0.25, -0.2) is 4.98 Å². The van der Waals surface area contributed by atoms with Crippen molar-refractivity contribution in [1.29, 1.82) is 0 Å². The minimum atomic E-state index is 0.250. The van der Waals surface area contributed by atoms with Crippen LogP contribution in [0.15, 0.2) is 53.1 Å². The fourth-order valence-electron chi connectivity index (χ4n) is 1.26. The minimum absolute atomic E-state index is 0.250. The van der Waals surface area contributed by atoms with Gasteiger partial charge in [-0.3, -0.25) is 0 Å². The van der Waals surface area contributed by atoms with Gasteiger partial charge in [-0.05, 0) is 36.8 Å². The van der Waals surface area contributed by atoms with Crippen LogP contribution in [0, 0.1) is 0 Å². The molecule has 0 aliphatic heterocycles. The molecule has 0 unspecified atom stereocenters. The van der Waals surface area contributed by atoms with E-state index in [9.17, 15) is 0 Å². The van der Waals surface area contributed by atoms with Crippen molar-refractivity contribution < 1.29 is 5.11 Å². The maximum atomic E-state index is 7.57. The van der Waals surface area contributed by atoms with Crippen LogP contribution in [0.25, 0.3) is 0 Å².